The highest BCUT2D eigenvalue weighted by molar-refractivity contribution is 6.30. The third-order valence-electron chi connectivity index (χ3n) is 3.36. The minimum atomic E-state index is -1.39. The van der Waals surface area contributed by atoms with E-state index >= 15 is 0 Å². The van der Waals surface area contributed by atoms with E-state index in [9.17, 15) is 10.2 Å². The normalized spacial score (nSPS) is 16.1. The van der Waals surface area contributed by atoms with Crippen LogP contribution in [0.3, 0.4) is 0 Å². The number of benzene rings is 2. The van der Waals surface area contributed by atoms with Crippen molar-refractivity contribution in [2.45, 2.75) is 25.0 Å². The first kappa shape index (κ1) is 16.9. The molecule has 0 spiro atoms. The predicted molar refractivity (Wildman–Crippen MR) is 89.8 cm³/mol. The van der Waals surface area contributed by atoms with Gasteiger partial charge in [0.05, 0.1) is 0 Å². The summed E-state index contributed by atoms with van der Waals surface area (Å²) in [5, 5.41) is 22.1. The average molecular weight is 335 g/mol. The Labute approximate surface area is 140 Å². The summed E-state index contributed by atoms with van der Waals surface area (Å²) in [5.41, 5.74) is -1.56. The molecule has 0 aliphatic carbocycles. The Balaban J connectivity index is 2.30. The van der Waals surface area contributed by atoms with Gasteiger partial charge in [0.15, 0.2) is 0 Å². The predicted octanol–water partition coefficient (Wildman–Crippen LogP) is 4.11. The van der Waals surface area contributed by atoms with Gasteiger partial charge in [0.2, 0.25) is 0 Å². The summed E-state index contributed by atoms with van der Waals surface area (Å²) in [6.07, 6.45) is 0. The van der Waals surface area contributed by atoms with Crippen LogP contribution in [0.5, 0.6) is 0 Å². The van der Waals surface area contributed by atoms with Crippen LogP contribution in [0, 0.1) is 11.8 Å². The van der Waals surface area contributed by atoms with E-state index in [4.69, 9.17) is 23.2 Å². The molecule has 2 nitrogen and oxygen atoms in total. The van der Waals surface area contributed by atoms with E-state index < -0.39 is 11.2 Å². The molecule has 114 valence electrons. The third-order valence-corrected chi connectivity index (χ3v) is 3.87. The molecule has 0 fully saturated rings. The van der Waals surface area contributed by atoms with Crippen LogP contribution in [0.25, 0.3) is 0 Å². The molecule has 0 bridgehead atoms. The largest absolute Gasteiger partial charge is 0.374 e. The fourth-order valence-electron chi connectivity index (χ4n) is 1.94. The van der Waals surface area contributed by atoms with E-state index in [1.165, 1.54) is 0 Å². The maximum Gasteiger partial charge on any atom is 0.148 e. The van der Waals surface area contributed by atoms with Crippen molar-refractivity contribution in [2.75, 3.05) is 0 Å². The first-order chi connectivity index (χ1) is 10.2. The van der Waals surface area contributed by atoms with Gasteiger partial charge in [-0.05, 0) is 49.2 Å². The van der Waals surface area contributed by atoms with Crippen molar-refractivity contribution in [2.24, 2.45) is 0 Å². The van der Waals surface area contributed by atoms with E-state index in [1.54, 1.807) is 62.4 Å². The molecule has 0 aliphatic rings. The Kier molecular flexibility index (Phi) is 4.84. The van der Waals surface area contributed by atoms with Gasteiger partial charge in [-0.15, -0.1) is 0 Å². The molecule has 0 amide bonds. The Morgan fingerprint density at radius 3 is 1.23 bits per heavy atom. The smallest absolute Gasteiger partial charge is 0.148 e. The van der Waals surface area contributed by atoms with Crippen molar-refractivity contribution in [3.63, 3.8) is 0 Å². The Hall–Kier alpha value is -1.50. The molecule has 22 heavy (non-hydrogen) atoms. The summed E-state index contributed by atoms with van der Waals surface area (Å²) in [4.78, 5) is 0. The van der Waals surface area contributed by atoms with Gasteiger partial charge in [-0.3, -0.25) is 0 Å². The molecule has 0 radical (unpaired) electrons. The van der Waals surface area contributed by atoms with Gasteiger partial charge in [-0.1, -0.05) is 59.3 Å². The van der Waals surface area contributed by atoms with Gasteiger partial charge in [-0.2, -0.15) is 0 Å². The van der Waals surface area contributed by atoms with Crippen LogP contribution >= 0.6 is 23.2 Å². The van der Waals surface area contributed by atoms with Crippen molar-refractivity contribution in [1.29, 1.82) is 0 Å². The lowest BCUT2D eigenvalue weighted by atomic mass is 9.92. The molecule has 2 aromatic rings. The molecule has 2 unspecified atom stereocenters. The lowest BCUT2D eigenvalue weighted by Crippen LogP contribution is -2.23. The summed E-state index contributed by atoms with van der Waals surface area (Å²) in [7, 11) is 0. The van der Waals surface area contributed by atoms with E-state index in [0.717, 1.165) is 0 Å². The zero-order valence-electron chi connectivity index (χ0n) is 12.3. The highest BCUT2D eigenvalue weighted by Gasteiger charge is 2.24. The molecule has 0 saturated carbocycles. The molecule has 2 aromatic carbocycles. The number of aliphatic hydroxyl groups is 2. The molecule has 0 heterocycles. The van der Waals surface area contributed by atoms with E-state index in [1.807, 2.05) is 0 Å². The van der Waals surface area contributed by atoms with Gasteiger partial charge in [0, 0.05) is 10.0 Å². The molecule has 2 atom stereocenters. The number of hydrogen-bond acceptors (Lipinski definition) is 2. The minimum Gasteiger partial charge on any atom is -0.374 e. The second kappa shape index (κ2) is 6.32. The fraction of sp³-hybridized carbons (Fsp3) is 0.222. The second-order valence-electron chi connectivity index (χ2n) is 5.41. The summed E-state index contributed by atoms with van der Waals surface area (Å²) in [6.45, 7) is 3.14. The quantitative estimate of drug-likeness (QED) is 0.811. The maximum atomic E-state index is 10.5. The number of rotatable bonds is 2. The Morgan fingerprint density at radius 2 is 0.955 bits per heavy atom. The minimum absolute atomic E-state index is 0.584. The first-order valence-corrected chi connectivity index (χ1v) is 7.47. The second-order valence-corrected chi connectivity index (χ2v) is 6.28. The van der Waals surface area contributed by atoms with Crippen LogP contribution in [-0.2, 0) is 11.2 Å². The van der Waals surface area contributed by atoms with Gasteiger partial charge in [0.25, 0.3) is 0 Å². The van der Waals surface area contributed by atoms with E-state index in [2.05, 4.69) is 11.8 Å². The molecule has 2 rings (SSSR count). The van der Waals surface area contributed by atoms with Crippen molar-refractivity contribution in [3.8, 4) is 11.8 Å². The highest BCUT2D eigenvalue weighted by Crippen LogP contribution is 2.25. The standard InChI is InChI=1S/C18H16Cl2O2/c1-17(21,13-3-7-15(19)8-4-13)11-12-18(2,22)14-5-9-16(20)10-6-14/h3-10,21-22H,1-2H3. The van der Waals surface area contributed by atoms with E-state index in [-0.39, 0.29) is 0 Å². The molecule has 0 saturated heterocycles. The lowest BCUT2D eigenvalue weighted by Gasteiger charge is -2.20. The number of halogens is 2. The first-order valence-electron chi connectivity index (χ1n) is 6.72. The van der Waals surface area contributed by atoms with Crippen molar-refractivity contribution in [3.05, 3.63) is 69.7 Å². The average Bonchev–Trinajstić information content (AvgIpc) is 2.46. The van der Waals surface area contributed by atoms with Crippen molar-refractivity contribution < 1.29 is 10.2 Å². The zero-order valence-corrected chi connectivity index (χ0v) is 13.8. The van der Waals surface area contributed by atoms with Crippen LogP contribution in [0.4, 0.5) is 0 Å². The summed E-state index contributed by atoms with van der Waals surface area (Å²) < 4.78 is 0. The van der Waals surface area contributed by atoms with Gasteiger partial charge >= 0.3 is 0 Å². The molecule has 0 aliphatic heterocycles. The molecule has 2 N–H and O–H groups in total. The Bertz CT molecular complexity index is 644. The molecule has 0 aromatic heterocycles. The summed E-state index contributed by atoms with van der Waals surface area (Å²) in [5.74, 6) is 5.46. The molecular formula is C18H16Cl2O2. The fourth-order valence-corrected chi connectivity index (χ4v) is 2.19. The zero-order chi connectivity index (χ0) is 16.4. The molecular weight excluding hydrogens is 319 g/mol. The van der Waals surface area contributed by atoms with Crippen LogP contribution in [-0.4, -0.2) is 10.2 Å². The Morgan fingerprint density at radius 1 is 0.682 bits per heavy atom. The van der Waals surface area contributed by atoms with Gasteiger partial charge in [-0.25, -0.2) is 0 Å². The highest BCUT2D eigenvalue weighted by atomic mass is 35.5. The summed E-state index contributed by atoms with van der Waals surface area (Å²) >= 11 is 11.7. The maximum absolute atomic E-state index is 10.5. The topological polar surface area (TPSA) is 40.5 Å². The summed E-state index contributed by atoms with van der Waals surface area (Å²) in [6, 6.07) is 13.5. The monoisotopic (exact) mass is 334 g/mol. The van der Waals surface area contributed by atoms with Crippen LogP contribution in [0.1, 0.15) is 25.0 Å². The molecule has 4 heteroatoms. The van der Waals surface area contributed by atoms with Crippen LogP contribution in [0.2, 0.25) is 10.0 Å². The van der Waals surface area contributed by atoms with E-state index in [0.29, 0.717) is 21.2 Å². The van der Waals surface area contributed by atoms with Crippen LogP contribution in [0.15, 0.2) is 48.5 Å². The van der Waals surface area contributed by atoms with Crippen molar-refractivity contribution >= 4 is 23.2 Å². The van der Waals surface area contributed by atoms with Crippen molar-refractivity contribution in [1.82, 2.24) is 0 Å². The van der Waals surface area contributed by atoms with Gasteiger partial charge in [0.1, 0.15) is 11.2 Å². The van der Waals surface area contributed by atoms with Gasteiger partial charge < -0.3 is 10.2 Å². The SMILES string of the molecule is CC(O)(C#CC(C)(O)c1ccc(Cl)cc1)c1ccc(Cl)cc1. The third kappa shape index (κ3) is 4.03. The number of hydrogen-bond donors (Lipinski definition) is 2. The lowest BCUT2D eigenvalue weighted by molar-refractivity contribution is 0.109. The van der Waals surface area contributed by atoms with Crippen LogP contribution < -0.4 is 0 Å².